The summed E-state index contributed by atoms with van der Waals surface area (Å²) in [6.07, 6.45) is 0.409. The van der Waals surface area contributed by atoms with Crippen molar-refractivity contribution in [1.29, 1.82) is 0 Å². The molecule has 1 aromatic rings. The average Bonchev–Trinajstić information content (AvgIpc) is 2.29. The molecule has 0 unspecified atom stereocenters. The summed E-state index contributed by atoms with van der Waals surface area (Å²) >= 11 is 3.25. The number of hydrogen-bond donors (Lipinski definition) is 0. The van der Waals surface area contributed by atoms with E-state index in [1.807, 2.05) is 0 Å². The predicted octanol–water partition coefficient (Wildman–Crippen LogP) is 2.08. The van der Waals surface area contributed by atoms with Gasteiger partial charge in [0.2, 0.25) is 0 Å². The number of halogens is 1. The molecule has 0 aliphatic heterocycles. The fourth-order valence-electron chi connectivity index (χ4n) is 1.41. The molecule has 0 saturated heterocycles. The minimum Gasteiger partial charge on any atom is -0.385 e. The largest absolute Gasteiger partial charge is 0.385 e. The van der Waals surface area contributed by atoms with Gasteiger partial charge in [-0.05, 0) is 18.6 Å². The van der Waals surface area contributed by atoms with Crippen LogP contribution in [-0.4, -0.2) is 39.4 Å². The molecule has 0 spiro atoms. The lowest BCUT2D eigenvalue weighted by atomic mass is 10.2. The van der Waals surface area contributed by atoms with Crippen molar-refractivity contribution < 1.29 is 17.9 Å². The molecule has 0 bridgehead atoms. The Morgan fingerprint density at radius 1 is 1.28 bits per heavy atom. The molecule has 0 atom stereocenters. The molecular formula is C12H15BrO4S. The van der Waals surface area contributed by atoms with Gasteiger partial charge in [-0.1, -0.05) is 28.1 Å². The van der Waals surface area contributed by atoms with Crippen LogP contribution in [0.1, 0.15) is 16.8 Å². The van der Waals surface area contributed by atoms with Gasteiger partial charge < -0.3 is 4.74 Å². The Morgan fingerprint density at radius 3 is 2.44 bits per heavy atom. The number of methoxy groups -OCH3 is 1. The molecule has 18 heavy (non-hydrogen) atoms. The topological polar surface area (TPSA) is 60.4 Å². The minimum atomic E-state index is -3.35. The van der Waals surface area contributed by atoms with Crippen LogP contribution in [0.15, 0.2) is 28.7 Å². The number of rotatable bonds is 7. The van der Waals surface area contributed by atoms with E-state index in [-0.39, 0.29) is 11.5 Å². The molecule has 0 amide bonds. The number of benzene rings is 1. The van der Waals surface area contributed by atoms with Gasteiger partial charge >= 0.3 is 0 Å². The van der Waals surface area contributed by atoms with Gasteiger partial charge in [0.15, 0.2) is 15.6 Å². The monoisotopic (exact) mass is 334 g/mol. The zero-order valence-corrected chi connectivity index (χ0v) is 12.5. The van der Waals surface area contributed by atoms with Gasteiger partial charge in [-0.15, -0.1) is 0 Å². The van der Waals surface area contributed by atoms with Crippen LogP contribution in [0.3, 0.4) is 0 Å². The molecule has 0 aliphatic rings. The van der Waals surface area contributed by atoms with Crippen LogP contribution in [0.5, 0.6) is 0 Å². The van der Waals surface area contributed by atoms with Crippen LogP contribution in [-0.2, 0) is 14.6 Å². The van der Waals surface area contributed by atoms with Gasteiger partial charge in [-0.2, -0.15) is 0 Å². The number of sulfone groups is 1. The number of Topliss-reactive ketones (excluding diaryl/α,β-unsaturated/α-hetero) is 1. The molecule has 1 aromatic carbocycles. The second kappa shape index (κ2) is 7.01. The Hall–Kier alpha value is -0.720. The fraction of sp³-hybridized carbons (Fsp3) is 0.417. The molecule has 0 N–H and O–H groups in total. The lowest BCUT2D eigenvalue weighted by Crippen LogP contribution is -2.19. The summed E-state index contributed by atoms with van der Waals surface area (Å²) in [5, 5.41) is 0. The summed E-state index contributed by atoms with van der Waals surface area (Å²) in [6, 6.07) is 6.64. The maximum absolute atomic E-state index is 11.8. The minimum absolute atomic E-state index is 0.0247. The zero-order chi connectivity index (χ0) is 13.6. The molecule has 0 aromatic heterocycles. The van der Waals surface area contributed by atoms with Crippen LogP contribution in [0.4, 0.5) is 0 Å². The van der Waals surface area contributed by atoms with Crippen molar-refractivity contribution in [3.63, 3.8) is 0 Å². The molecule has 0 heterocycles. The van der Waals surface area contributed by atoms with E-state index in [1.54, 1.807) is 24.3 Å². The molecule has 100 valence electrons. The van der Waals surface area contributed by atoms with Crippen molar-refractivity contribution in [1.82, 2.24) is 0 Å². The predicted molar refractivity (Wildman–Crippen MR) is 73.6 cm³/mol. The normalized spacial score (nSPS) is 11.4. The molecule has 1 rings (SSSR count). The van der Waals surface area contributed by atoms with E-state index in [1.165, 1.54) is 7.11 Å². The van der Waals surface area contributed by atoms with Gasteiger partial charge in [0.05, 0.1) is 5.75 Å². The second-order valence-corrected chi connectivity index (χ2v) is 6.97. The molecular weight excluding hydrogens is 320 g/mol. The highest BCUT2D eigenvalue weighted by Crippen LogP contribution is 2.11. The van der Waals surface area contributed by atoms with Gasteiger partial charge in [-0.3, -0.25) is 4.79 Å². The van der Waals surface area contributed by atoms with Crippen LogP contribution in [0, 0.1) is 0 Å². The van der Waals surface area contributed by atoms with Gasteiger partial charge in [-0.25, -0.2) is 8.42 Å². The smallest absolute Gasteiger partial charge is 0.177 e. The van der Waals surface area contributed by atoms with E-state index in [2.05, 4.69) is 15.9 Å². The van der Waals surface area contributed by atoms with E-state index in [0.29, 0.717) is 18.6 Å². The highest BCUT2D eigenvalue weighted by Gasteiger charge is 2.17. The van der Waals surface area contributed by atoms with E-state index < -0.39 is 15.6 Å². The summed E-state index contributed by atoms with van der Waals surface area (Å²) < 4.78 is 29.0. The lowest BCUT2D eigenvalue weighted by Gasteiger charge is -2.04. The quantitative estimate of drug-likeness (QED) is 0.565. The van der Waals surface area contributed by atoms with E-state index in [0.717, 1.165) is 4.47 Å². The summed E-state index contributed by atoms with van der Waals surface area (Å²) in [4.78, 5) is 11.8. The standard InChI is InChI=1S/C12H15BrO4S/c1-17-7-2-8-18(15,16)9-12(14)10-3-5-11(13)6-4-10/h3-6H,2,7-9H2,1H3. The van der Waals surface area contributed by atoms with Crippen LogP contribution in [0.2, 0.25) is 0 Å². The van der Waals surface area contributed by atoms with E-state index in [9.17, 15) is 13.2 Å². The van der Waals surface area contributed by atoms with Gasteiger partial charge in [0.25, 0.3) is 0 Å². The highest BCUT2D eigenvalue weighted by atomic mass is 79.9. The van der Waals surface area contributed by atoms with Crippen molar-refractivity contribution in [2.24, 2.45) is 0 Å². The molecule has 6 heteroatoms. The van der Waals surface area contributed by atoms with Crippen molar-refractivity contribution >= 4 is 31.6 Å². The third-order valence-electron chi connectivity index (χ3n) is 2.32. The number of hydrogen-bond acceptors (Lipinski definition) is 4. The SMILES string of the molecule is COCCCS(=O)(=O)CC(=O)c1ccc(Br)cc1. The zero-order valence-electron chi connectivity index (χ0n) is 10.1. The molecule has 4 nitrogen and oxygen atoms in total. The Labute approximate surface area is 115 Å². The van der Waals surface area contributed by atoms with E-state index in [4.69, 9.17) is 4.74 Å². The molecule has 0 radical (unpaired) electrons. The van der Waals surface area contributed by atoms with E-state index >= 15 is 0 Å². The summed E-state index contributed by atoms with van der Waals surface area (Å²) in [7, 11) is -1.84. The third kappa shape index (κ3) is 5.29. The fourth-order valence-corrected chi connectivity index (χ4v) is 2.95. The van der Waals surface area contributed by atoms with Crippen LogP contribution >= 0.6 is 15.9 Å². The number of carbonyl (C=O) groups excluding carboxylic acids is 1. The maximum Gasteiger partial charge on any atom is 0.177 e. The third-order valence-corrected chi connectivity index (χ3v) is 4.46. The Kier molecular flexibility index (Phi) is 5.98. The summed E-state index contributed by atoms with van der Waals surface area (Å²) in [5.41, 5.74) is 0.411. The molecule has 0 saturated carbocycles. The van der Waals surface area contributed by atoms with Crippen molar-refractivity contribution in [3.8, 4) is 0 Å². The lowest BCUT2D eigenvalue weighted by molar-refractivity contribution is 0.102. The Bertz CT molecular complexity index is 493. The second-order valence-electron chi connectivity index (χ2n) is 3.87. The Balaban J connectivity index is 2.61. The summed E-state index contributed by atoms with van der Waals surface area (Å²) in [6.45, 7) is 0.381. The van der Waals surface area contributed by atoms with Crippen molar-refractivity contribution in [2.75, 3.05) is 25.2 Å². The van der Waals surface area contributed by atoms with Crippen molar-refractivity contribution in [3.05, 3.63) is 34.3 Å². The highest BCUT2D eigenvalue weighted by molar-refractivity contribution is 9.10. The molecule has 0 fully saturated rings. The average molecular weight is 335 g/mol. The van der Waals surface area contributed by atoms with Crippen LogP contribution < -0.4 is 0 Å². The number of ether oxygens (including phenoxy) is 1. The maximum atomic E-state index is 11.8. The summed E-state index contributed by atoms with van der Waals surface area (Å²) in [5.74, 6) is -0.846. The van der Waals surface area contributed by atoms with Gasteiger partial charge in [0, 0.05) is 23.8 Å². The molecule has 0 aliphatic carbocycles. The first-order chi connectivity index (χ1) is 8.44. The van der Waals surface area contributed by atoms with Crippen LogP contribution in [0.25, 0.3) is 0 Å². The Morgan fingerprint density at radius 2 is 1.89 bits per heavy atom. The first-order valence-corrected chi connectivity index (χ1v) is 8.04. The first kappa shape index (κ1) is 15.3. The number of ketones is 1. The van der Waals surface area contributed by atoms with Gasteiger partial charge in [0.1, 0.15) is 5.75 Å². The van der Waals surface area contributed by atoms with Crippen molar-refractivity contribution in [2.45, 2.75) is 6.42 Å². The number of carbonyl (C=O) groups is 1. The first-order valence-electron chi connectivity index (χ1n) is 5.43.